The molecule has 0 aliphatic heterocycles. The van der Waals surface area contributed by atoms with Crippen molar-refractivity contribution in [3.8, 4) is 5.75 Å². The van der Waals surface area contributed by atoms with E-state index in [0.29, 0.717) is 12.0 Å². The molecule has 0 unspecified atom stereocenters. The van der Waals surface area contributed by atoms with Crippen molar-refractivity contribution >= 4 is 43.4 Å². The number of fused-ring (bicyclic) bond motifs is 4. The van der Waals surface area contributed by atoms with Crippen LogP contribution in [0.4, 0.5) is 0 Å². The predicted molar refractivity (Wildman–Crippen MR) is 103 cm³/mol. The van der Waals surface area contributed by atoms with Gasteiger partial charge in [0, 0.05) is 37.7 Å². The van der Waals surface area contributed by atoms with Crippen LogP contribution in [0.3, 0.4) is 0 Å². The molecule has 1 aromatic heterocycles. The highest BCUT2D eigenvalue weighted by molar-refractivity contribution is 7.26. The number of allylic oxidation sites excluding steroid dienone is 1. The molecule has 0 bridgehead atoms. The number of benzene rings is 3. The minimum atomic E-state index is 0.0176. The fourth-order valence-corrected chi connectivity index (χ4v) is 4.76. The van der Waals surface area contributed by atoms with Gasteiger partial charge < -0.3 is 5.11 Å². The van der Waals surface area contributed by atoms with Crippen molar-refractivity contribution < 1.29 is 9.90 Å². The maximum atomic E-state index is 12.7. The summed E-state index contributed by atoms with van der Waals surface area (Å²) in [4.78, 5) is 12.7. The van der Waals surface area contributed by atoms with Gasteiger partial charge in [-0.25, -0.2) is 0 Å². The Labute approximate surface area is 148 Å². The minimum Gasteiger partial charge on any atom is -0.508 e. The Morgan fingerprint density at radius 3 is 2.72 bits per heavy atom. The van der Waals surface area contributed by atoms with Crippen molar-refractivity contribution in [3.05, 3.63) is 82.9 Å². The molecule has 0 saturated heterocycles. The second kappa shape index (κ2) is 5.30. The third-order valence-electron chi connectivity index (χ3n) is 4.78. The zero-order valence-corrected chi connectivity index (χ0v) is 14.1. The van der Waals surface area contributed by atoms with Gasteiger partial charge in [-0.2, -0.15) is 0 Å². The number of aromatic hydroxyl groups is 1. The van der Waals surface area contributed by atoms with Gasteiger partial charge in [-0.05, 0) is 35.4 Å². The largest absolute Gasteiger partial charge is 0.508 e. The smallest absolute Gasteiger partial charge is 0.189 e. The van der Waals surface area contributed by atoms with Crippen molar-refractivity contribution in [2.75, 3.05) is 0 Å². The van der Waals surface area contributed by atoms with Crippen LogP contribution in [0, 0.1) is 0 Å². The first kappa shape index (κ1) is 14.4. The van der Waals surface area contributed by atoms with E-state index in [4.69, 9.17) is 0 Å². The number of thiophene rings is 1. The summed E-state index contributed by atoms with van der Waals surface area (Å²) in [6.07, 6.45) is 2.63. The van der Waals surface area contributed by atoms with Gasteiger partial charge in [-0.1, -0.05) is 42.5 Å². The fraction of sp³-hybridized carbons (Fsp3) is 0.0455. The van der Waals surface area contributed by atoms with Gasteiger partial charge in [0.2, 0.25) is 0 Å². The Kier molecular flexibility index (Phi) is 3.06. The van der Waals surface area contributed by atoms with Gasteiger partial charge in [-0.15, -0.1) is 11.3 Å². The second-order valence-corrected chi connectivity index (χ2v) is 7.39. The molecular formula is C22H14O2S. The number of carbonyl (C=O) groups excluding carboxylic acids is 1. The first-order valence-electron chi connectivity index (χ1n) is 8.18. The molecule has 25 heavy (non-hydrogen) atoms. The van der Waals surface area contributed by atoms with Gasteiger partial charge in [0.05, 0.1) is 0 Å². The molecule has 4 aromatic rings. The number of Topliss-reactive ketones (excluding diaryl/α,β-unsaturated/α-hetero) is 1. The highest BCUT2D eigenvalue weighted by atomic mass is 32.1. The quantitative estimate of drug-likeness (QED) is 0.458. The van der Waals surface area contributed by atoms with Crippen molar-refractivity contribution in [1.29, 1.82) is 0 Å². The van der Waals surface area contributed by atoms with E-state index in [1.807, 2.05) is 18.2 Å². The molecule has 1 heterocycles. The number of phenolic OH excluding ortho intramolecular Hbond substituents is 1. The molecule has 0 fully saturated rings. The number of carbonyl (C=O) groups is 1. The number of phenols is 1. The monoisotopic (exact) mass is 342 g/mol. The molecule has 1 aliphatic rings. The first-order chi connectivity index (χ1) is 12.2. The molecular weight excluding hydrogens is 328 g/mol. The van der Waals surface area contributed by atoms with Crippen molar-refractivity contribution in [1.82, 2.24) is 0 Å². The summed E-state index contributed by atoms with van der Waals surface area (Å²) in [5, 5.41) is 12.1. The average molecular weight is 342 g/mol. The number of hydrogen-bond donors (Lipinski definition) is 1. The highest BCUT2D eigenvalue weighted by Gasteiger charge is 2.25. The minimum absolute atomic E-state index is 0.0176. The summed E-state index contributed by atoms with van der Waals surface area (Å²) < 4.78 is 2.47. The molecule has 3 heteroatoms. The third kappa shape index (κ3) is 2.20. The SMILES string of the molecule is O=C1/C(=C/c2cccc3c2sc2ccccc23)Cc2ccc(O)cc21. The molecule has 0 spiro atoms. The lowest BCUT2D eigenvalue weighted by molar-refractivity contribution is 0.104. The van der Waals surface area contributed by atoms with E-state index >= 15 is 0 Å². The molecule has 120 valence electrons. The van der Waals surface area contributed by atoms with E-state index in [9.17, 15) is 9.90 Å². The van der Waals surface area contributed by atoms with Crippen LogP contribution in [0.1, 0.15) is 21.5 Å². The summed E-state index contributed by atoms with van der Waals surface area (Å²) in [7, 11) is 0. The van der Waals surface area contributed by atoms with E-state index in [-0.39, 0.29) is 11.5 Å². The van der Waals surface area contributed by atoms with Crippen LogP contribution in [0.5, 0.6) is 5.75 Å². The third-order valence-corrected chi connectivity index (χ3v) is 6.01. The van der Waals surface area contributed by atoms with E-state index in [0.717, 1.165) is 16.7 Å². The molecule has 2 nitrogen and oxygen atoms in total. The van der Waals surface area contributed by atoms with Crippen LogP contribution < -0.4 is 0 Å². The van der Waals surface area contributed by atoms with Gasteiger partial charge in [-0.3, -0.25) is 4.79 Å². The number of hydrogen-bond acceptors (Lipinski definition) is 3. The summed E-state index contributed by atoms with van der Waals surface area (Å²) in [6.45, 7) is 0. The molecule has 0 saturated carbocycles. The zero-order chi connectivity index (χ0) is 17.0. The predicted octanol–water partition coefficient (Wildman–Crippen LogP) is 5.58. The lowest BCUT2D eigenvalue weighted by Crippen LogP contribution is -1.95. The highest BCUT2D eigenvalue weighted by Crippen LogP contribution is 2.37. The van der Waals surface area contributed by atoms with E-state index in [1.54, 1.807) is 23.5 Å². The van der Waals surface area contributed by atoms with Crippen LogP contribution in [-0.4, -0.2) is 10.9 Å². The lowest BCUT2D eigenvalue weighted by Gasteiger charge is -1.99. The Morgan fingerprint density at radius 2 is 1.80 bits per heavy atom. The van der Waals surface area contributed by atoms with Crippen molar-refractivity contribution in [2.24, 2.45) is 0 Å². The summed E-state index contributed by atoms with van der Waals surface area (Å²) in [5.41, 5.74) is 3.47. The molecule has 0 atom stereocenters. The summed E-state index contributed by atoms with van der Waals surface area (Å²) in [5.74, 6) is 0.156. The van der Waals surface area contributed by atoms with Crippen LogP contribution >= 0.6 is 11.3 Å². The molecule has 1 aliphatic carbocycles. The molecule has 1 N–H and O–H groups in total. The van der Waals surface area contributed by atoms with Crippen LogP contribution in [-0.2, 0) is 6.42 Å². The molecule has 5 rings (SSSR count). The van der Waals surface area contributed by atoms with Gasteiger partial charge in [0.1, 0.15) is 5.75 Å². The molecule has 0 amide bonds. The Bertz CT molecular complexity index is 1200. The fourth-order valence-electron chi connectivity index (χ4n) is 3.58. The van der Waals surface area contributed by atoms with Crippen molar-refractivity contribution in [2.45, 2.75) is 6.42 Å². The van der Waals surface area contributed by atoms with Gasteiger partial charge >= 0.3 is 0 Å². The Morgan fingerprint density at radius 1 is 0.960 bits per heavy atom. The average Bonchev–Trinajstić information content (AvgIpc) is 3.15. The van der Waals surface area contributed by atoms with E-state index in [2.05, 4.69) is 36.4 Å². The van der Waals surface area contributed by atoms with Crippen LogP contribution in [0.2, 0.25) is 0 Å². The van der Waals surface area contributed by atoms with E-state index in [1.165, 1.54) is 20.2 Å². The van der Waals surface area contributed by atoms with Crippen molar-refractivity contribution in [3.63, 3.8) is 0 Å². The topological polar surface area (TPSA) is 37.3 Å². The Hall–Kier alpha value is -2.91. The molecule has 3 aromatic carbocycles. The lowest BCUT2D eigenvalue weighted by atomic mass is 10.0. The summed E-state index contributed by atoms with van der Waals surface area (Å²) in [6, 6.07) is 19.7. The maximum absolute atomic E-state index is 12.7. The Balaban J connectivity index is 1.68. The number of rotatable bonds is 1. The van der Waals surface area contributed by atoms with Crippen LogP contribution in [0.15, 0.2) is 66.2 Å². The second-order valence-electron chi connectivity index (χ2n) is 6.34. The maximum Gasteiger partial charge on any atom is 0.189 e. The van der Waals surface area contributed by atoms with E-state index < -0.39 is 0 Å². The molecule has 0 radical (unpaired) electrons. The van der Waals surface area contributed by atoms with Gasteiger partial charge in [0.15, 0.2) is 5.78 Å². The summed E-state index contributed by atoms with van der Waals surface area (Å²) >= 11 is 1.76. The number of ketones is 1. The standard InChI is InChI=1S/C22H14O2S/c23-16-9-8-13-10-15(21(24)19(13)12-16)11-14-4-3-6-18-17-5-1-2-7-20(17)25-22(14)18/h1-9,11-12,23H,10H2/b15-11+. The zero-order valence-electron chi connectivity index (χ0n) is 13.3. The van der Waals surface area contributed by atoms with Gasteiger partial charge in [0.25, 0.3) is 0 Å². The first-order valence-corrected chi connectivity index (χ1v) is 9.00. The normalized spacial score (nSPS) is 15.4. The van der Waals surface area contributed by atoms with Crippen LogP contribution in [0.25, 0.3) is 26.2 Å².